The lowest BCUT2D eigenvalue weighted by Gasteiger charge is -2.28. The van der Waals surface area contributed by atoms with Crippen molar-refractivity contribution >= 4 is 19.8 Å². The average molecular weight is 870 g/mol. The highest BCUT2D eigenvalue weighted by Crippen LogP contribution is 2.38. The molecule has 0 saturated heterocycles. The third-order valence-corrected chi connectivity index (χ3v) is 11.9. The lowest BCUT2D eigenvalue weighted by Crippen LogP contribution is -2.37. The minimum absolute atomic E-state index is 0.0301. The number of hydrogen-bond donors (Lipinski definition) is 0. The first-order chi connectivity index (χ1) is 29.0. The first-order valence-electron chi connectivity index (χ1n) is 25.0. The molecule has 0 rings (SSSR count). The Bertz CT molecular complexity index is 1070. The highest BCUT2D eigenvalue weighted by molar-refractivity contribution is 7.45. The molecule has 2 atom stereocenters. The Morgan fingerprint density at radius 2 is 0.850 bits per heavy atom. The predicted molar refractivity (Wildman–Crippen MR) is 250 cm³/mol. The molecule has 0 spiro atoms. The number of quaternary nitrogens is 1. The molecule has 0 bridgehead atoms. The van der Waals surface area contributed by atoms with Crippen molar-refractivity contribution in [2.45, 2.75) is 238 Å². The maximum atomic E-state index is 12.7. The van der Waals surface area contributed by atoms with Gasteiger partial charge in [-0.15, -0.1) is 0 Å². The summed E-state index contributed by atoms with van der Waals surface area (Å²) < 4.78 is 34.0. The molecule has 0 amide bonds. The summed E-state index contributed by atoms with van der Waals surface area (Å²) in [5, 5.41) is 0. The van der Waals surface area contributed by atoms with Gasteiger partial charge in [-0.25, -0.2) is 0 Å². The van der Waals surface area contributed by atoms with Crippen molar-refractivity contribution in [1.29, 1.82) is 0 Å². The van der Waals surface area contributed by atoms with Crippen LogP contribution in [0, 0.1) is 0 Å². The van der Waals surface area contributed by atoms with Crippen molar-refractivity contribution in [3.63, 3.8) is 0 Å². The van der Waals surface area contributed by atoms with Gasteiger partial charge in [0.1, 0.15) is 19.8 Å². The maximum Gasteiger partial charge on any atom is 0.306 e. The molecule has 0 fully saturated rings. The molecule has 0 heterocycles. The van der Waals surface area contributed by atoms with Gasteiger partial charge in [0.05, 0.1) is 27.7 Å². The van der Waals surface area contributed by atoms with Crippen LogP contribution in [0.25, 0.3) is 0 Å². The normalized spacial score (nSPS) is 13.6. The Morgan fingerprint density at radius 3 is 1.25 bits per heavy atom. The second kappa shape index (κ2) is 42.8. The van der Waals surface area contributed by atoms with Crippen LogP contribution in [0.2, 0.25) is 0 Å². The van der Waals surface area contributed by atoms with E-state index in [1.807, 2.05) is 21.1 Å². The molecule has 60 heavy (non-hydrogen) atoms. The van der Waals surface area contributed by atoms with Crippen LogP contribution in [0.4, 0.5) is 0 Å². The molecule has 0 aromatic carbocycles. The van der Waals surface area contributed by atoms with Crippen LogP contribution in [-0.4, -0.2) is 70.0 Å². The fourth-order valence-electron chi connectivity index (χ4n) is 7.00. The molecule has 0 aliphatic rings. The van der Waals surface area contributed by atoms with Crippen LogP contribution in [0.15, 0.2) is 24.3 Å². The van der Waals surface area contributed by atoms with Crippen molar-refractivity contribution < 1.29 is 42.1 Å². The first kappa shape index (κ1) is 58.5. The quantitative estimate of drug-likeness (QED) is 0.0195. The van der Waals surface area contributed by atoms with Crippen LogP contribution in [-0.2, 0) is 32.7 Å². The smallest absolute Gasteiger partial charge is 0.306 e. The van der Waals surface area contributed by atoms with Gasteiger partial charge in [0.15, 0.2) is 6.10 Å². The van der Waals surface area contributed by atoms with Crippen LogP contribution in [0.3, 0.4) is 0 Å². The van der Waals surface area contributed by atoms with E-state index in [9.17, 15) is 19.0 Å². The summed E-state index contributed by atoms with van der Waals surface area (Å²) in [4.78, 5) is 37.7. The van der Waals surface area contributed by atoms with Gasteiger partial charge in [-0.05, 0) is 64.2 Å². The molecule has 0 aromatic heterocycles. The zero-order valence-corrected chi connectivity index (χ0v) is 40.8. The van der Waals surface area contributed by atoms with Gasteiger partial charge >= 0.3 is 11.9 Å². The molecule has 0 aliphatic heterocycles. The SMILES string of the molecule is CCCCCC/C=C\CCCCCCCCCC(=O)O[C@H](COC(=O)CCCCCCCCCCCCC/C=C\CCCCCCCC)COP(=O)([O-])OCC[N+](C)(C)C. The van der Waals surface area contributed by atoms with Crippen molar-refractivity contribution in [2.75, 3.05) is 47.5 Å². The van der Waals surface area contributed by atoms with E-state index in [0.717, 1.165) is 44.9 Å². The molecule has 9 nitrogen and oxygen atoms in total. The van der Waals surface area contributed by atoms with Crippen LogP contribution in [0.1, 0.15) is 232 Å². The second-order valence-corrected chi connectivity index (χ2v) is 19.6. The number of nitrogens with zero attached hydrogens (tertiary/aromatic N) is 1. The third kappa shape index (κ3) is 46.0. The van der Waals surface area contributed by atoms with Gasteiger partial charge in [-0.1, -0.05) is 179 Å². The summed E-state index contributed by atoms with van der Waals surface area (Å²) in [5.74, 6) is -0.832. The van der Waals surface area contributed by atoms with E-state index in [1.54, 1.807) is 0 Å². The van der Waals surface area contributed by atoms with Crippen molar-refractivity contribution in [1.82, 2.24) is 0 Å². The lowest BCUT2D eigenvalue weighted by atomic mass is 10.0. The minimum Gasteiger partial charge on any atom is -0.756 e. The number of rotatable bonds is 46. The molecule has 0 aromatic rings. The summed E-state index contributed by atoms with van der Waals surface area (Å²) >= 11 is 0. The number of carbonyl (C=O) groups excluding carboxylic acids is 2. The second-order valence-electron chi connectivity index (χ2n) is 18.2. The molecule has 0 saturated carbocycles. The molecule has 10 heteroatoms. The van der Waals surface area contributed by atoms with Crippen molar-refractivity contribution in [3.05, 3.63) is 24.3 Å². The number of likely N-dealkylation sites (N-methyl/N-ethyl adjacent to an activating group) is 1. The Hall–Kier alpha value is -1.51. The van der Waals surface area contributed by atoms with Gasteiger partial charge in [-0.2, -0.15) is 0 Å². The van der Waals surface area contributed by atoms with Crippen LogP contribution >= 0.6 is 7.82 Å². The Morgan fingerprint density at radius 1 is 0.500 bits per heavy atom. The van der Waals surface area contributed by atoms with Gasteiger partial charge in [0.2, 0.25) is 0 Å². The largest absolute Gasteiger partial charge is 0.756 e. The predicted octanol–water partition coefficient (Wildman–Crippen LogP) is 14.1. The molecular weight excluding hydrogens is 774 g/mol. The maximum absolute atomic E-state index is 12.7. The fourth-order valence-corrected chi connectivity index (χ4v) is 7.73. The van der Waals surface area contributed by atoms with Crippen LogP contribution in [0.5, 0.6) is 0 Å². The Labute approximate surface area is 370 Å². The van der Waals surface area contributed by atoms with Gasteiger partial charge in [0.25, 0.3) is 7.82 Å². The lowest BCUT2D eigenvalue weighted by molar-refractivity contribution is -0.870. The molecule has 0 aliphatic carbocycles. The number of unbranched alkanes of at least 4 members (excludes halogenated alkanes) is 28. The van der Waals surface area contributed by atoms with E-state index in [4.69, 9.17) is 18.5 Å². The zero-order chi connectivity index (χ0) is 44.3. The standard InChI is InChI=1S/C50H96NO8P/c1-6-8-10-12-14-16-18-20-22-23-24-25-26-27-29-30-32-34-36-38-40-42-49(52)56-46-48(47-58-60(54,55)57-45-44-51(3,4)5)59-50(53)43-41-39-37-35-33-31-28-21-19-17-15-13-11-9-7-2/h17,19-20,22,48H,6-16,18,21,23-47H2,1-5H3/b19-17-,22-20-/t48-/m1/s1. The molecule has 354 valence electrons. The summed E-state index contributed by atoms with van der Waals surface area (Å²) in [5.41, 5.74) is 0. The Balaban J connectivity index is 4.23. The summed E-state index contributed by atoms with van der Waals surface area (Å²) in [6, 6.07) is 0. The van der Waals surface area contributed by atoms with E-state index in [1.165, 1.54) is 154 Å². The summed E-state index contributed by atoms with van der Waals surface area (Å²) in [6.07, 6.45) is 47.7. The number of ether oxygens (including phenoxy) is 2. The van der Waals surface area contributed by atoms with Gasteiger partial charge < -0.3 is 27.9 Å². The fraction of sp³-hybridized carbons (Fsp3) is 0.880. The topological polar surface area (TPSA) is 111 Å². The average Bonchev–Trinajstić information content (AvgIpc) is 3.20. The Kier molecular flexibility index (Phi) is 41.7. The van der Waals surface area contributed by atoms with E-state index >= 15 is 0 Å². The van der Waals surface area contributed by atoms with E-state index < -0.39 is 26.5 Å². The molecular formula is C50H96NO8P. The minimum atomic E-state index is -4.63. The van der Waals surface area contributed by atoms with E-state index in [-0.39, 0.29) is 32.0 Å². The van der Waals surface area contributed by atoms with Gasteiger partial charge in [0, 0.05) is 12.8 Å². The highest BCUT2D eigenvalue weighted by Gasteiger charge is 2.21. The van der Waals surface area contributed by atoms with Crippen molar-refractivity contribution in [3.8, 4) is 0 Å². The molecule has 1 unspecified atom stereocenters. The molecule has 0 radical (unpaired) electrons. The zero-order valence-electron chi connectivity index (χ0n) is 39.9. The summed E-state index contributed by atoms with van der Waals surface area (Å²) in [7, 11) is 1.17. The molecule has 0 N–H and O–H groups in total. The first-order valence-corrected chi connectivity index (χ1v) is 26.5. The summed E-state index contributed by atoms with van der Waals surface area (Å²) in [6.45, 7) is 4.23. The number of esters is 2. The van der Waals surface area contributed by atoms with E-state index in [0.29, 0.717) is 17.4 Å². The number of hydrogen-bond acceptors (Lipinski definition) is 8. The van der Waals surface area contributed by atoms with Crippen LogP contribution < -0.4 is 4.89 Å². The number of carbonyl (C=O) groups is 2. The number of phosphoric acid groups is 1. The number of allylic oxidation sites excluding steroid dienone is 4. The third-order valence-electron chi connectivity index (χ3n) is 10.9. The highest BCUT2D eigenvalue weighted by atomic mass is 31.2. The van der Waals surface area contributed by atoms with Crippen molar-refractivity contribution in [2.24, 2.45) is 0 Å². The number of phosphoric ester groups is 1. The monoisotopic (exact) mass is 870 g/mol. The van der Waals surface area contributed by atoms with E-state index in [2.05, 4.69) is 38.2 Å². The van der Waals surface area contributed by atoms with Gasteiger partial charge in [-0.3, -0.25) is 14.2 Å².